The van der Waals surface area contributed by atoms with Crippen molar-refractivity contribution in [1.29, 1.82) is 0 Å². The molecule has 8 heteroatoms. The lowest BCUT2D eigenvalue weighted by atomic mass is 10.1. The molecular weight excluding hydrogens is 394 g/mol. The fraction of sp³-hybridized carbons (Fsp3) is 0.261. The number of carbonyl (C=O) groups excluding carboxylic acids is 2. The monoisotopic (exact) mass is 419 g/mol. The minimum atomic E-state index is -0.741. The third-order valence-electron chi connectivity index (χ3n) is 4.80. The topological polar surface area (TPSA) is 111 Å². The quantitative estimate of drug-likeness (QED) is 0.654. The zero-order valence-corrected chi connectivity index (χ0v) is 18.3. The Balaban J connectivity index is 2.29. The average Bonchev–Trinajstić information content (AvgIpc) is 2.71. The number of nitrogens with two attached hydrogens (primary N) is 1. The van der Waals surface area contributed by atoms with Crippen molar-refractivity contribution in [3.8, 4) is 5.75 Å². The number of nitrogens with zero attached hydrogens (tertiary/aromatic N) is 4. The van der Waals surface area contributed by atoms with Crippen LogP contribution in [-0.4, -0.2) is 33.4 Å². The predicted octanol–water partition coefficient (Wildman–Crippen LogP) is 3.58. The number of pyridine rings is 3. The second-order valence-electron chi connectivity index (χ2n) is 7.25. The third-order valence-corrected chi connectivity index (χ3v) is 4.80. The van der Waals surface area contributed by atoms with Crippen LogP contribution in [0.1, 0.15) is 50.2 Å². The lowest BCUT2D eigenvalue weighted by Crippen LogP contribution is -2.30. The molecule has 2 amide bonds. The van der Waals surface area contributed by atoms with Crippen molar-refractivity contribution in [2.24, 2.45) is 5.73 Å². The maximum absolute atomic E-state index is 13.9. The van der Waals surface area contributed by atoms with E-state index in [4.69, 9.17) is 10.5 Å². The van der Waals surface area contributed by atoms with Gasteiger partial charge in [0, 0.05) is 36.9 Å². The van der Waals surface area contributed by atoms with Crippen LogP contribution in [0, 0.1) is 27.7 Å². The minimum Gasteiger partial charge on any atom is -0.494 e. The van der Waals surface area contributed by atoms with Gasteiger partial charge in [0.2, 0.25) is 0 Å². The van der Waals surface area contributed by atoms with E-state index in [9.17, 15) is 9.59 Å². The fourth-order valence-electron chi connectivity index (χ4n) is 3.51. The molecule has 0 saturated heterocycles. The van der Waals surface area contributed by atoms with Gasteiger partial charge < -0.3 is 10.5 Å². The first-order valence-corrected chi connectivity index (χ1v) is 9.86. The van der Waals surface area contributed by atoms with Crippen LogP contribution < -0.4 is 15.4 Å². The average molecular weight is 419 g/mol. The fourth-order valence-corrected chi connectivity index (χ4v) is 3.51. The van der Waals surface area contributed by atoms with Crippen molar-refractivity contribution < 1.29 is 14.3 Å². The number of amides is 2. The van der Waals surface area contributed by atoms with Gasteiger partial charge in [0.25, 0.3) is 11.8 Å². The van der Waals surface area contributed by atoms with Gasteiger partial charge in [-0.1, -0.05) is 0 Å². The Kier molecular flexibility index (Phi) is 6.29. The number of aryl methyl sites for hydroxylation is 4. The molecule has 31 heavy (non-hydrogen) atoms. The van der Waals surface area contributed by atoms with Crippen molar-refractivity contribution in [3.63, 3.8) is 0 Å². The molecule has 0 aliphatic carbocycles. The van der Waals surface area contributed by atoms with Gasteiger partial charge in [0.15, 0.2) is 0 Å². The summed E-state index contributed by atoms with van der Waals surface area (Å²) in [6, 6.07) is 2.95. The van der Waals surface area contributed by atoms with Gasteiger partial charge in [-0.2, -0.15) is 0 Å². The Morgan fingerprint density at radius 1 is 0.871 bits per heavy atom. The van der Waals surface area contributed by atoms with Crippen LogP contribution in [-0.2, 0) is 0 Å². The van der Waals surface area contributed by atoms with Crippen molar-refractivity contribution in [2.75, 3.05) is 11.5 Å². The molecule has 0 saturated carbocycles. The molecule has 0 spiro atoms. The van der Waals surface area contributed by atoms with E-state index in [-0.39, 0.29) is 11.4 Å². The van der Waals surface area contributed by atoms with E-state index >= 15 is 0 Å². The van der Waals surface area contributed by atoms with E-state index in [2.05, 4.69) is 15.0 Å². The summed E-state index contributed by atoms with van der Waals surface area (Å²) in [5, 5.41) is 0. The summed E-state index contributed by atoms with van der Waals surface area (Å²) in [6.45, 7) is 9.73. The Bertz CT molecular complexity index is 1070. The molecular formula is C23H25N5O3. The normalized spacial score (nSPS) is 10.6. The molecule has 3 heterocycles. The standard InChI is InChI=1S/C23H25N5O3/c1-6-31-17-7-18(22(24)29)27-19(8-17)23(30)28(20-13(2)9-25-10-14(20)3)21-15(4)11-26-12-16(21)5/h7-12H,6H2,1-5H3,(H2,24,29). The largest absolute Gasteiger partial charge is 0.494 e. The van der Waals surface area contributed by atoms with Gasteiger partial charge in [-0.05, 0) is 56.9 Å². The number of anilines is 2. The molecule has 0 atom stereocenters. The number of hydrogen-bond donors (Lipinski definition) is 1. The molecule has 3 aromatic heterocycles. The second kappa shape index (κ2) is 8.91. The summed E-state index contributed by atoms with van der Waals surface area (Å²) >= 11 is 0. The first-order valence-electron chi connectivity index (χ1n) is 9.86. The first kappa shape index (κ1) is 21.9. The lowest BCUT2D eigenvalue weighted by molar-refractivity contribution is 0.0990. The van der Waals surface area contributed by atoms with Gasteiger partial charge in [0.1, 0.15) is 17.1 Å². The number of rotatable bonds is 6. The van der Waals surface area contributed by atoms with Crippen molar-refractivity contribution >= 4 is 23.2 Å². The summed E-state index contributed by atoms with van der Waals surface area (Å²) < 4.78 is 5.54. The smallest absolute Gasteiger partial charge is 0.281 e. The molecule has 0 unspecified atom stereocenters. The van der Waals surface area contributed by atoms with Crippen molar-refractivity contribution in [1.82, 2.24) is 15.0 Å². The highest BCUT2D eigenvalue weighted by molar-refractivity contribution is 6.12. The molecule has 2 N–H and O–H groups in total. The molecule has 3 rings (SSSR count). The number of ether oxygens (including phenoxy) is 1. The maximum Gasteiger partial charge on any atom is 0.281 e. The number of primary amides is 1. The Morgan fingerprint density at radius 2 is 1.32 bits per heavy atom. The van der Waals surface area contributed by atoms with Gasteiger partial charge >= 0.3 is 0 Å². The van der Waals surface area contributed by atoms with Crippen LogP contribution in [0.15, 0.2) is 36.9 Å². The number of carbonyl (C=O) groups is 2. The van der Waals surface area contributed by atoms with E-state index < -0.39 is 11.8 Å². The van der Waals surface area contributed by atoms with Crippen LogP contribution in [0.3, 0.4) is 0 Å². The Morgan fingerprint density at radius 3 is 1.74 bits per heavy atom. The van der Waals surface area contributed by atoms with Crippen LogP contribution in [0.5, 0.6) is 5.75 Å². The third kappa shape index (κ3) is 4.37. The highest BCUT2D eigenvalue weighted by atomic mass is 16.5. The summed E-state index contributed by atoms with van der Waals surface area (Å²) in [7, 11) is 0. The van der Waals surface area contributed by atoms with Crippen LogP contribution in [0.2, 0.25) is 0 Å². The van der Waals surface area contributed by atoms with E-state index in [1.807, 2.05) is 34.6 Å². The molecule has 0 fully saturated rings. The Labute approximate surface area is 181 Å². The minimum absolute atomic E-state index is 0.0411. The van der Waals surface area contributed by atoms with Crippen LogP contribution in [0.4, 0.5) is 11.4 Å². The summed E-state index contributed by atoms with van der Waals surface area (Å²) in [4.78, 5) is 40.0. The summed E-state index contributed by atoms with van der Waals surface area (Å²) in [6.07, 6.45) is 6.81. The van der Waals surface area contributed by atoms with Crippen LogP contribution >= 0.6 is 0 Å². The molecule has 3 aromatic rings. The van der Waals surface area contributed by atoms with Crippen molar-refractivity contribution in [2.45, 2.75) is 34.6 Å². The lowest BCUT2D eigenvalue weighted by Gasteiger charge is -2.28. The van der Waals surface area contributed by atoms with E-state index in [0.29, 0.717) is 23.7 Å². The first-order chi connectivity index (χ1) is 14.7. The predicted molar refractivity (Wildman–Crippen MR) is 118 cm³/mol. The molecule has 8 nitrogen and oxygen atoms in total. The van der Waals surface area contributed by atoms with E-state index in [0.717, 1.165) is 22.3 Å². The molecule has 0 radical (unpaired) electrons. The summed E-state index contributed by atoms with van der Waals surface area (Å²) in [5.41, 5.74) is 10.1. The highest BCUT2D eigenvalue weighted by Crippen LogP contribution is 2.36. The van der Waals surface area contributed by atoms with Crippen LogP contribution in [0.25, 0.3) is 0 Å². The van der Waals surface area contributed by atoms with Gasteiger partial charge in [0.05, 0.1) is 18.0 Å². The molecule has 0 aromatic carbocycles. The van der Waals surface area contributed by atoms with Gasteiger partial charge in [-0.15, -0.1) is 0 Å². The van der Waals surface area contributed by atoms with Gasteiger partial charge in [-0.3, -0.25) is 24.5 Å². The second-order valence-corrected chi connectivity index (χ2v) is 7.25. The molecule has 0 aliphatic rings. The number of hydrogen-bond acceptors (Lipinski definition) is 6. The Hall–Kier alpha value is -3.81. The highest BCUT2D eigenvalue weighted by Gasteiger charge is 2.28. The maximum atomic E-state index is 13.9. The van der Waals surface area contributed by atoms with Crippen molar-refractivity contribution in [3.05, 3.63) is 70.6 Å². The van der Waals surface area contributed by atoms with E-state index in [1.165, 1.54) is 12.1 Å². The molecule has 160 valence electrons. The van der Waals surface area contributed by atoms with Gasteiger partial charge in [-0.25, -0.2) is 4.98 Å². The SMILES string of the molecule is CCOc1cc(C(N)=O)nc(C(=O)N(c2c(C)cncc2C)c2c(C)cncc2C)c1. The zero-order chi connectivity index (χ0) is 22.7. The zero-order valence-electron chi connectivity index (χ0n) is 18.3. The summed E-state index contributed by atoms with van der Waals surface area (Å²) in [5.74, 6) is -0.811. The number of aromatic nitrogens is 3. The van der Waals surface area contributed by atoms with E-state index in [1.54, 1.807) is 29.7 Å². The molecule has 0 aliphatic heterocycles. The molecule has 0 bridgehead atoms.